The summed E-state index contributed by atoms with van der Waals surface area (Å²) in [6.45, 7) is 5.02. The molecule has 2 aromatic rings. The van der Waals surface area contributed by atoms with Gasteiger partial charge in [0.1, 0.15) is 5.56 Å². The predicted molar refractivity (Wildman–Crippen MR) is 110 cm³/mol. The number of hydrogen-bond acceptors (Lipinski definition) is 4. The first kappa shape index (κ1) is 19.7. The normalized spacial score (nSPS) is 21.5. The van der Waals surface area contributed by atoms with Crippen LogP contribution in [0.4, 0.5) is 0 Å². The molecule has 0 radical (unpaired) electrons. The van der Waals surface area contributed by atoms with E-state index in [0.717, 1.165) is 31.1 Å². The van der Waals surface area contributed by atoms with Gasteiger partial charge in [-0.1, -0.05) is 37.5 Å². The Kier molecular flexibility index (Phi) is 5.69. The second kappa shape index (κ2) is 8.39. The van der Waals surface area contributed by atoms with Gasteiger partial charge in [0.05, 0.1) is 17.1 Å². The Morgan fingerprint density at radius 3 is 2.55 bits per heavy atom. The maximum atomic E-state index is 12.7. The van der Waals surface area contributed by atoms with E-state index >= 15 is 0 Å². The number of amides is 1. The second-order valence-corrected chi connectivity index (χ2v) is 8.30. The van der Waals surface area contributed by atoms with Crippen LogP contribution >= 0.6 is 0 Å². The number of likely N-dealkylation sites (tertiary alicyclic amines) is 1. The van der Waals surface area contributed by atoms with E-state index in [9.17, 15) is 9.59 Å². The number of benzene rings is 1. The largest absolute Gasteiger partial charge is 0.452 e. The average molecular weight is 396 g/mol. The molecule has 1 aromatic heterocycles. The summed E-state index contributed by atoms with van der Waals surface area (Å²) in [4.78, 5) is 27.2. The lowest BCUT2D eigenvalue weighted by Gasteiger charge is -2.41. The van der Waals surface area contributed by atoms with Crippen LogP contribution in [0.1, 0.15) is 53.8 Å². The Labute approximate surface area is 171 Å². The summed E-state index contributed by atoms with van der Waals surface area (Å²) in [5, 5.41) is 4.48. The first-order chi connectivity index (χ1) is 14.0. The van der Waals surface area contributed by atoms with Gasteiger partial charge in [-0.15, -0.1) is 0 Å². The topological polar surface area (TPSA) is 64.4 Å². The number of hydrogen-bond donors (Lipinski definition) is 0. The maximum absolute atomic E-state index is 12.7. The van der Waals surface area contributed by atoms with E-state index in [1.165, 1.54) is 25.7 Å². The molecule has 0 spiro atoms. The number of aromatic nitrogens is 2. The van der Waals surface area contributed by atoms with Crippen LogP contribution in [0.25, 0.3) is 5.69 Å². The maximum Gasteiger partial charge on any atom is 0.342 e. The monoisotopic (exact) mass is 395 g/mol. The van der Waals surface area contributed by atoms with Crippen LogP contribution in [0, 0.1) is 25.7 Å². The van der Waals surface area contributed by atoms with Crippen LogP contribution in [-0.4, -0.2) is 46.3 Å². The number of aryl methyl sites for hydroxylation is 1. The summed E-state index contributed by atoms with van der Waals surface area (Å²) in [5.41, 5.74) is 2.65. The van der Waals surface area contributed by atoms with Gasteiger partial charge in [0.2, 0.25) is 0 Å². The van der Waals surface area contributed by atoms with Gasteiger partial charge in [0.15, 0.2) is 6.61 Å². The van der Waals surface area contributed by atoms with Gasteiger partial charge in [-0.25, -0.2) is 9.48 Å². The van der Waals surface area contributed by atoms with E-state index < -0.39 is 5.97 Å². The Bertz CT molecular complexity index is 890. The molecular formula is C23H29N3O3. The van der Waals surface area contributed by atoms with Crippen molar-refractivity contribution < 1.29 is 14.3 Å². The summed E-state index contributed by atoms with van der Waals surface area (Å²) in [5.74, 6) is 0.812. The summed E-state index contributed by atoms with van der Waals surface area (Å²) in [6.07, 6.45) is 6.17. The molecule has 0 N–H and O–H groups in total. The smallest absolute Gasteiger partial charge is 0.342 e. The molecular weight excluding hydrogens is 366 g/mol. The number of piperidine rings is 1. The minimum Gasteiger partial charge on any atom is -0.452 e. The predicted octanol–water partition coefficient (Wildman–Crippen LogP) is 3.68. The molecule has 154 valence electrons. The van der Waals surface area contributed by atoms with Gasteiger partial charge in [-0.05, 0) is 50.7 Å². The van der Waals surface area contributed by atoms with E-state index in [1.54, 1.807) is 11.6 Å². The Morgan fingerprint density at radius 2 is 1.79 bits per heavy atom. The SMILES string of the molecule is Cc1nn(-c2ccccc2)c(C)c1C(=O)OCC(=O)N1CC[C@@H]2CCCC[C@@H]2C1. The van der Waals surface area contributed by atoms with Gasteiger partial charge < -0.3 is 9.64 Å². The van der Waals surface area contributed by atoms with Crippen molar-refractivity contribution in [2.45, 2.75) is 46.0 Å². The van der Waals surface area contributed by atoms with Crippen molar-refractivity contribution in [3.63, 3.8) is 0 Å². The number of nitrogens with zero attached hydrogens (tertiary/aromatic N) is 3. The molecule has 2 aliphatic rings. The van der Waals surface area contributed by atoms with E-state index in [1.807, 2.05) is 42.2 Å². The molecule has 2 fully saturated rings. The molecule has 2 heterocycles. The van der Waals surface area contributed by atoms with Crippen LogP contribution in [0.5, 0.6) is 0 Å². The fourth-order valence-corrected chi connectivity index (χ4v) is 4.88. The number of carbonyl (C=O) groups is 2. The fourth-order valence-electron chi connectivity index (χ4n) is 4.88. The van der Waals surface area contributed by atoms with Crippen LogP contribution < -0.4 is 0 Å². The molecule has 1 amide bonds. The summed E-state index contributed by atoms with van der Waals surface area (Å²) < 4.78 is 7.14. The lowest BCUT2D eigenvalue weighted by molar-refractivity contribution is -0.137. The molecule has 29 heavy (non-hydrogen) atoms. The molecule has 1 aromatic carbocycles. The molecule has 1 aliphatic heterocycles. The van der Waals surface area contributed by atoms with Crippen LogP contribution in [-0.2, 0) is 9.53 Å². The molecule has 0 bridgehead atoms. The van der Waals surface area contributed by atoms with Gasteiger partial charge in [-0.3, -0.25) is 4.79 Å². The van der Waals surface area contributed by atoms with Gasteiger partial charge >= 0.3 is 5.97 Å². The summed E-state index contributed by atoms with van der Waals surface area (Å²) in [7, 11) is 0. The highest BCUT2D eigenvalue weighted by Crippen LogP contribution is 2.36. The van der Waals surface area contributed by atoms with Crippen molar-refractivity contribution in [3.8, 4) is 5.69 Å². The third kappa shape index (κ3) is 4.07. The molecule has 6 heteroatoms. The van der Waals surface area contributed by atoms with Crippen molar-refractivity contribution in [1.29, 1.82) is 0 Å². The van der Waals surface area contributed by atoms with Crippen LogP contribution in [0.15, 0.2) is 30.3 Å². The average Bonchev–Trinajstić information content (AvgIpc) is 3.06. The second-order valence-electron chi connectivity index (χ2n) is 8.30. The molecule has 1 aliphatic carbocycles. The van der Waals surface area contributed by atoms with Gasteiger partial charge in [-0.2, -0.15) is 5.10 Å². The highest BCUT2D eigenvalue weighted by molar-refractivity contribution is 5.93. The lowest BCUT2D eigenvalue weighted by Crippen LogP contribution is -2.46. The zero-order valence-corrected chi connectivity index (χ0v) is 17.3. The number of fused-ring (bicyclic) bond motifs is 1. The van der Waals surface area contributed by atoms with Gasteiger partial charge in [0.25, 0.3) is 5.91 Å². The lowest BCUT2D eigenvalue weighted by atomic mass is 9.75. The molecule has 2 atom stereocenters. The standard InChI is InChI=1S/C23H29N3O3/c1-16-22(17(2)26(24-16)20-10-4-3-5-11-20)23(28)29-15-21(27)25-13-12-18-8-6-7-9-19(18)14-25/h3-5,10-11,18-19H,6-9,12-15H2,1-2H3/t18-,19+/m0/s1. The Morgan fingerprint density at radius 1 is 1.07 bits per heavy atom. The Balaban J connectivity index is 1.39. The van der Waals surface area contributed by atoms with Crippen molar-refractivity contribution in [2.75, 3.05) is 19.7 Å². The molecule has 4 rings (SSSR count). The number of ether oxygens (including phenoxy) is 1. The van der Waals surface area contributed by atoms with Crippen LogP contribution in [0.3, 0.4) is 0 Å². The zero-order chi connectivity index (χ0) is 20.4. The fraction of sp³-hybridized carbons (Fsp3) is 0.522. The number of esters is 1. The first-order valence-electron chi connectivity index (χ1n) is 10.6. The summed E-state index contributed by atoms with van der Waals surface area (Å²) >= 11 is 0. The van der Waals surface area contributed by atoms with Crippen molar-refractivity contribution in [3.05, 3.63) is 47.3 Å². The molecule has 6 nitrogen and oxygen atoms in total. The van der Waals surface area contributed by atoms with E-state index in [4.69, 9.17) is 4.74 Å². The minimum absolute atomic E-state index is 0.0897. The highest BCUT2D eigenvalue weighted by Gasteiger charge is 2.33. The van der Waals surface area contributed by atoms with Crippen molar-refractivity contribution in [1.82, 2.24) is 14.7 Å². The highest BCUT2D eigenvalue weighted by atomic mass is 16.5. The third-order valence-corrected chi connectivity index (χ3v) is 6.47. The van der Waals surface area contributed by atoms with Gasteiger partial charge in [0, 0.05) is 13.1 Å². The van der Waals surface area contributed by atoms with E-state index in [0.29, 0.717) is 22.9 Å². The number of para-hydroxylation sites is 1. The van der Waals surface area contributed by atoms with Crippen molar-refractivity contribution in [2.24, 2.45) is 11.8 Å². The number of rotatable bonds is 4. The quantitative estimate of drug-likeness (QED) is 0.741. The molecule has 1 saturated carbocycles. The molecule has 1 saturated heterocycles. The van der Waals surface area contributed by atoms with E-state index in [2.05, 4.69) is 5.10 Å². The summed E-state index contributed by atoms with van der Waals surface area (Å²) in [6, 6.07) is 9.67. The zero-order valence-electron chi connectivity index (χ0n) is 17.3. The Hall–Kier alpha value is -2.63. The number of carbonyl (C=O) groups excluding carboxylic acids is 2. The third-order valence-electron chi connectivity index (χ3n) is 6.47. The van der Waals surface area contributed by atoms with Crippen LogP contribution in [0.2, 0.25) is 0 Å². The van der Waals surface area contributed by atoms with Crippen molar-refractivity contribution >= 4 is 11.9 Å². The first-order valence-corrected chi connectivity index (χ1v) is 10.6. The molecule has 0 unspecified atom stereocenters. The van der Waals surface area contributed by atoms with E-state index in [-0.39, 0.29) is 12.5 Å². The minimum atomic E-state index is -0.483.